The number of hydrogen-bond donors (Lipinski definition) is 1. The Bertz CT molecular complexity index is 650. The quantitative estimate of drug-likeness (QED) is 0.857. The lowest BCUT2D eigenvalue weighted by molar-refractivity contribution is 0.0600. The fraction of sp³-hybridized carbons (Fsp3) is 0.368. The maximum atomic E-state index is 11.4. The van der Waals surface area contributed by atoms with E-state index >= 15 is 0 Å². The van der Waals surface area contributed by atoms with Gasteiger partial charge in [0.15, 0.2) is 0 Å². The Kier molecular flexibility index (Phi) is 5.43. The molecule has 3 rings (SSSR count). The molecule has 0 bridgehead atoms. The minimum Gasteiger partial charge on any atom is -0.465 e. The first kappa shape index (κ1) is 16.5. The monoisotopic (exact) mass is 325 g/mol. The number of benzene rings is 1. The second kappa shape index (κ2) is 7.93. The number of rotatable bonds is 5. The van der Waals surface area contributed by atoms with Gasteiger partial charge in [0.25, 0.3) is 0 Å². The Morgan fingerprint density at radius 1 is 1.21 bits per heavy atom. The first-order chi connectivity index (χ1) is 11.8. The van der Waals surface area contributed by atoms with E-state index in [2.05, 4.69) is 21.3 Å². The number of esters is 1. The van der Waals surface area contributed by atoms with E-state index in [1.807, 2.05) is 42.6 Å². The number of nitrogens with one attached hydrogen (secondary N) is 1. The molecule has 1 fully saturated rings. The molecule has 0 saturated carbocycles. The van der Waals surface area contributed by atoms with Crippen molar-refractivity contribution in [1.29, 1.82) is 0 Å². The van der Waals surface area contributed by atoms with Gasteiger partial charge in [-0.15, -0.1) is 0 Å². The summed E-state index contributed by atoms with van der Waals surface area (Å²) >= 11 is 0. The summed E-state index contributed by atoms with van der Waals surface area (Å²) in [7, 11) is 1.40. The number of nitrogens with zero attached hydrogens (tertiary/aromatic N) is 2. The number of piperidine rings is 1. The first-order valence-corrected chi connectivity index (χ1v) is 8.33. The van der Waals surface area contributed by atoms with Crippen LogP contribution in [-0.4, -0.2) is 37.2 Å². The van der Waals surface area contributed by atoms with Crippen molar-refractivity contribution in [2.24, 2.45) is 0 Å². The molecule has 2 aromatic rings. The molecule has 0 amide bonds. The first-order valence-electron chi connectivity index (χ1n) is 8.33. The van der Waals surface area contributed by atoms with Crippen LogP contribution in [-0.2, 0) is 11.3 Å². The molecule has 5 heteroatoms. The van der Waals surface area contributed by atoms with Crippen LogP contribution in [0.5, 0.6) is 0 Å². The third-order valence-corrected chi connectivity index (χ3v) is 4.44. The highest BCUT2D eigenvalue weighted by Gasteiger charge is 2.19. The highest BCUT2D eigenvalue weighted by Crippen LogP contribution is 2.17. The SMILES string of the molecule is COC(=O)c1ccc(CNC2CCN(c3ccccn3)CC2)cc1. The van der Waals surface area contributed by atoms with Crippen molar-refractivity contribution in [3.8, 4) is 0 Å². The molecule has 0 spiro atoms. The largest absolute Gasteiger partial charge is 0.465 e. The molecule has 1 aliphatic rings. The fourth-order valence-corrected chi connectivity index (χ4v) is 2.99. The van der Waals surface area contributed by atoms with Gasteiger partial charge in [0.05, 0.1) is 12.7 Å². The van der Waals surface area contributed by atoms with E-state index in [0.717, 1.165) is 38.3 Å². The van der Waals surface area contributed by atoms with Crippen molar-refractivity contribution in [3.05, 3.63) is 59.8 Å². The number of methoxy groups -OCH3 is 1. The van der Waals surface area contributed by atoms with Gasteiger partial charge < -0.3 is 15.0 Å². The lowest BCUT2D eigenvalue weighted by Crippen LogP contribution is -2.42. The standard InChI is InChI=1S/C19H23N3O2/c1-24-19(23)16-7-5-15(6-8-16)14-21-17-9-12-22(13-10-17)18-4-2-3-11-20-18/h2-8,11,17,21H,9-10,12-14H2,1H3. The lowest BCUT2D eigenvalue weighted by atomic mass is 10.0. The molecule has 1 aromatic carbocycles. The summed E-state index contributed by atoms with van der Waals surface area (Å²) in [5.74, 6) is 0.769. The molecular weight excluding hydrogens is 302 g/mol. The van der Waals surface area contributed by atoms with Crippen molar-refractivity contribution in [2.75, 3.05) is 25.1 Å². The zero-order chi connectivity index (χ0) is 16.8. The predicted molar refractivity (Wildman–Crippen MR) is 94.1 cm³/mol. The minimum atomic E-state index is -0.295. The molecule has 1 aromatic heterocycles. The van der Waals surface area contributed by atoms with Gasteiger partial charge in [0.1, 0.15) is 5.82 Å². The number of hydrogen-bond acceptors (Lipinski definition) is 5. The molecule has 0 aliphatic carbocycles. The number of anilines is 1. The van der Waals surface area contributed by atoms with E-state index in [1.165, 1.54) is 12.7 Å². The molecule has 2 heterocycles. The topological polar surface area (TPSA) is 54.5 Å². The van der Waals surface area contributed by atoms with Crippen LogP contribution in [0.2, 0.25) is 0 Å². The molecule has 5 nitrogen and oxygen atoms in total. The van der Waals surface area contributed by atoms with Gasteiger partial charge in [-0.3, -0.25) is 0 Å². The molecule has 0 atom stereocenters. The molecule has 1 aliphatic heterocycles. The molecular formula is C19H23N3O2. The van der Waals surface area contributed by atoms with Crippen LogP contribution in [0.25, 0.3) is 0 Å². The van der Waals surface area contributed by atoms with Crippen LogP contribution in [0.3, 0.4) is 0 Å². The van der Waals surface area contributed by atoms with Crippen LogP contribution < -0.4 is 10.2 Å². The summed E-state index contributed by atoms with van der Waals surface area (Å²) in [4.78, 5) is 18.2. The fourth-order valence-electron chi connectivity index (χ4n) is 2.99. The summed E-state index contributed by atoms with van der Waals surface area (Å²) in [6.45, 7) is 2.86. The van der Waals surface area contributed by atoms with E-state index in [1.54, 1.807) is 0 Å². The maximum absolute atomic E-state index is 11.4. The van der Waals surface area contributed by atoms with Gasteiger partial charge in [0.2, 0.25) is 0 Å². The second-order valence-corrected chi connectivity index (χ2v) is 6.02. The molecule has 24 heavy (non-hydrogen) atoms. The van der Waals surface area contributed by atoms with E-state index in [-0.39, 0.29) is 5.97 Å². The highest BCUT2D eigenvalue weighted by atomic mass is 16.5. The lowest BCUT2D eigenvalue weighted by Gasteiger charge is -2.33. The van der Waals surface area contributed by atoms with Gasteiger partial charge in [-0.1, -0.05) is 18.2 Å². The number of carbonyl (C=O) groups excluding carboxylic acids is 1. The molecule has 1 saturated heterocycles. The van der Waals surface area contributed by atoms with E-state index < -0.39 is 0 Å². The number of pyridine rings is 1. The van der Waals surface area contributed by atoms with Gasteiger partial charge in [-0.2, -0.15) is 0 Å². The zero-order valence-electron chi connectivity index (χ0n) is 13.9. The molecule has 0 radical (unpaired) electrons. The Morgan fingerprint density at radius 3 is 2.58 bits per heavy atom. The van der Waals surface area contributed by atoms with Gasteiger partial charge in [0, 0.05) is 31.9 Å². The van der Waals surface area contributed by atoms with E-state index in [9.17, 15) is 4.79 Å². The smallest absolute Gasteiger partial charge is 0.337 e. The van der Waals surface area contributed by atoms with Crippen LogP contribution in [0.4, 0.5) is 5.82 Å². The van der Waals surface area contributed by atoms with Crippen molar-refractivity contribution >= 4 is 11.8 Å². The molecule has 126 valence electrons. The Morgan fingerprint density at radius 2 is 1.96 bits per heavy atom. The van der Waals surface area contributed by atoms with Crippen molar-refractivity contribution < 1.29 is 9.53 Å². The van der Waals surface area contributed by atoms with Crippen LogP contribution in [0.1, 0.15) is 28.8 Å². The van der Waals surface area contributed by atoms with Crippen LogP contribution in [0.15, 0.2) is 48.7 Å². The third-order valence-electron chi connectivity index (χ3n) is 4.44. The zero-order valence-corrected chi connectivity index (χ0v) is 13.9. The average Bonchev–Trinajstić information content (AvgIpc) is 2.67. The molecule has 1 N–H and O–H groups in total. The summed E-state index contributed by atoms with van der Waals surface area (Å²) in [5, 5.41) is 3.61. The second-order valence-electron chi connectivity index (χ2n) is 6.02. The van der Waals surface area contributed by atoms with E-state index in [4.69, 9.17) is 4.74 Å². The van der Waals surface area contributed by atoms with Gasteiger partial charge in [-0.25, -0.2) is 9.78 Å². The van der Waals surface area contributed by atoms with Crippen molar-refractivity contribution in [2.45, 2.75) is 25.4 Å². The maximum Gasteiger partial charge on any atom is 0.337 e. The highest BCUT2D eigenvalue weighted by molar-refractivity contribution is 5.89. The average molecular weight is 325 g/mol. The third kappa shape index (κ3) is 4.11. The Hall–Kier alpha value is -2.40. The van der Waals surface area contributed by atoms with Crippen molar-refractivity contribution in [1.82, 2.24) is 10.3 Å². The predicted octanol–water partition coefficient (Wildman–Crippen LogP) is 2.63. The molecule has 0 unspecified atom stereocenters. The minimum absolute atomic E-state index is 0.295. The summed E-state index contributed by atoms with van der Waals surface area (Å²) in [5.41, 5.74) is 1.76. The summed E-state index contributed by atoms with van der Waals surface area (Å²) < 4.78 is 4.71. The van der Waals surface area contributed by atoms with Gasteiger partial charge >= 0.3 is 5.97 Å². The number of carbonyl (C=O) groups is 1. The Labute approximate surface area is 142 Å². The number of aromatic nitrogens is 1. The van der Waals surface area contributed by atoms with Crippen molar-refractivity contribution in [3.63, 3.8) is 0 Å². The normalized spacial score (nSPS) is 15.3. The summed E-state index contributed by atoms with van der Waals surface area (Å²) in [6, 6.07) is 14.1. The number of ether oxygens (including phenoxy) is 1. The van der Waals surface area contributed by atoms with E-state index in [0.29, 0.717) is 11.6 Å². The van der Waals surface area contributed by atoms with Gasteiger partial charge in [-0.05, 0) is 42.7 Å². The summed E-state index contributed by atoms with van der Waals surface area (Å²) in [6.07, 6.45) is 4.06. The van der Waals surface area contributed by atoms with Crippen LogP contribution >= 0.6 is 0 Å². The van der Waals surface area contributed by atoms with Crippen LogP contribution in [0, 0.1) is 0 Å². The Balaban J connectivity index is 1.46.